The highest BCUT2D eigenvalue weighted by molar-refractivity contribution is 5.93. The van der Waals surface area contributed by atoms with Crippen LogP contribution in [0.2, 0.25) is 0 Å². The number of hydrogen-bond acceptors (Lipinski definition) is 2. The third-order valence-corrected chi connectivity index (χ3v) is 2.01. The molecule has 1 aromatic carbocycles. The summed E-state index contributed by atoms with van der Waals surface area (Å²) in [5, 5.41) is 8.95. The molecule has 0 radical (unpaired) electrons. The fraction of sp³-hybridized carbons (Fsp3) is 0.273. The van der Waals surface area contributed by atoms with E-state index < -0.39 is 5.97 Å². The average molecular weight is 192 g/mol. The van der Waals surface area contributed by atoms with Gasteiger partial charge < -0.3 is 5.11 Å². The SMILES string of the molecule is CC(=O)Cc1cccc(C)c1C(=O)O. The number of Topliss-reactive ketones (excluding diaryl/α,β-unsaturated/α-hetero) is 1. The number of carbonyl (C=O) groups excluding carboxylic acids is 1. The van der Waals surface area contributed by atoms with Crippen molar-refractivity contribution in [2.45, 2.75) is 20.3 Å². The first-order valence-electron chi connectivity index (χ1n) is 4.33. The standard InChI is InChI=1S/C11H12O3/c1-7-4-3-5-9(6-8(2)12)10(7)11(13)14/h3-5H,6H2,1-2H3,(H,13,14). The summed E-state index contributed by atoms with van der Waals surface area (Å²) >= 11 is 0. The minimum atomic E-state index is -0.973. The highest BCUT2D eigenvalue weighted by Crippen LogP contribution is 2.15. The minimum Gasteiger partial charge on any atom is -0.478 e. The van der Waals surface area contributed by atoms with Crippen molar-refractivity contribution in [2.24, 2.45) is 0 Å². The number of ketones is 1. The number of rotatable bonds is 3. The molecule has 14 heavy (non-hydrogen) atoms. The molecule has 0 aliphatic rings. The van der Waals surface area contributed by atoms with Crippen LogP contribution in [-0.4, -0.2) is 16.9 Å². The lowest BCUT2D eigenvalue weighted by Crippen LogP contribution is -2.08. The molecule has 0 aliphatic heterocycles. The molecule has 0 saturated carbocycles. The van der Waals surface area contributed by atoms with E-state index in [1.54, 1.807) is 25.1 Å². The third-order valence-electron chi connectivity index (χ3n) is 2.01. The maximum atomic E-state index is 10.9. The first-order valence-corrected chi connectivity index (χ1v) is 4.33. The first-order chi connectivity index (χ1) is 6.52. The Morgan fingerprint density at radius 3 is 2.50 bits per heavy atom. The molecule has 3 nitrogen and oxygen atoms in total. The van der Waals surface area contributed by atoms with Crippen LogP contribution in [0.3, 0.4) is 0 Å². The summed E-state index contributed by atoms with van der Waals surface area (Å²) in [5.74, 6) is -1.00. The van der Waals surface area contributed by atoms with Crippen molar-refractivity contribution in [3.05, 3.63) is 34.9 Å². The second-order valence-electron chi connectivity index (χ2n) is 3.29. The van der Waals surface area contributed by atoms with Crippen LogP contribution in [0.4, 0.5) is 0 Å². The lowest BCUT2D eigenvalue weighted by molar-refractivity contribution is -0.116. The molecular weight excluding hydrogens is 180 g/mol. The molecule has 0 atom stereocenters. The monoisotopic (exact) mass is 192 g/mol. The van der Waals surface area contributed by atoms with Gasteiger partial charge in [-0.25, -0.2) is 4.79 Å². The number of aromatic carboxylic acids is 1. The molecule has 0 amide bonds. The summed E-state index contributed by atoms with van der Waals surface area (Å²) in [6, 6.07) is 5.17. The van der Waals surface area contributed by atoms with Gasteiger partial charge in [-0.1, -0.05) is 18.2 Å². The topological polar surface area (TPSA) is 54.4 Å². The van der Waals surface area contributed by atoms with Crippen LogP contribution in [0, 0.1) is 6.92 Å². The second kappa shape index (κ2) is 4.05. The first kappa shape index (κ1) is 10.4. The number of benzene rings is 1. The van der Waals surface area contributed by atoms with Crippen molar-refractivity contribution in [3.63, 3.8) is 0 Å². The molecule has 0 heterocycles. The van der Waals surface area contributed by atoms with E-state index in [-0.39, 0.29) is 17.8 Å². The van der Waals surface area contributed by atoms with Crippen LogP contribution < -0.4 is 0 Å². The number of carboxylic acids is 1. The maximum absolute atomic E-state index is 10.9. The highest BCUT2D eigenvalue weighted by atomic mass is 16.4. The molecule has 0 bridgehead atoms. The van der Waals surface area contributed by atoms with Gasteiger partial charge in [0, 0.05) is 6.42 Å². The lowest BCUT2D eigenvalue weighted by atomic mass is 9.98. The summed E-state index contributed by atoms with van der Waals surface area (Å²) in [4.78, 5) is 21.8. The Balaban J connectivity index is 3.21. The normalized spacial score (nSPS) is 9.86. The van der Waals surface area contributed by atoms with Crippen LogP contribution in [0.5, 0.6) is 0 Å². The van der Waals surface area contributed by atoms with Crippen LogP contribution >= 0.6 is 0 Å². The van der Waals surface area contributed by atoms with Crippen molar-refractivity contribution >= 4 is 11.8 Å². The van der Waals surface area contributed by atoms with Crippen molar-refractivity contribution in [2.75, 3.05) is 0 Å². The van der Waals surface area contributed by atoms with Gasteiger partial charge in [-0.2, -0.15) is 0 Å². The van der Waals surface area contributed by atoms with E-state index >= 15 is 0 Å². The Morgan fingerprint density at radius 1 is 1.36 bits per heavy atom. The molecule has 1 N–H and O–H groups in total. The van der Waals surface area contributed by atoms with Crippen LogP contribution in [-0.2, 0) is 11.2 Å². The molecule has 0 aliphatic carbocycles. The number of hydrogen-bond donors (Lipinski definition) is 1. The van der Waals surface area contributed by atoms with Gasteiger partial charge in [0.05, 0.1) is 5.56 Å². The Morgan fingerprint density at radius 2 is 2.00 bits per heavy atom. The van der Waals surface area contributed by atoms with Crippen molar-refractivity contribution < 1.29 is 14.7 Å². The van der Waals surface area contributed by atoms with Gasteiger partial charge in [0.1, 0.15) is 5.78 Å². The highest BCUT2D eigenvalue weighted by Gasteiger charge is 2.13. The largest absolute Gasteiger partial charge is 0.478 e. The van der Waals surface area contributed by atoms with Gasteiger partial charge >= 0.3 is 5.97 Å². The number of aryl methyl sites for hydroxylation is 1. The molecular formula is C11H12O3. The predicted octanol–water partition coefficient (Wildman–Crippen LogP) is 1.82. The van der Waals surface area contributed by atoms with E-state index in [4.69, 9.17) is 5.11 Å². The fourth-order valence-electron chi connectivity index (χ4n) is 1.45. The van der Waals surface area contributed by atoms with E-state index in [0.717, 1.165) is 0 Å². The van der Waals surface area contributed by atoms with Crippen molar-refractivity contribution in [1.82, 2.24) is 0 Å². The zero-order valence-electron chi connectivity index (χ0n) is 8.20. The van der Waals surface area contributed by atoms with Gasteiger partial charge in [-0.05, 0) is 25.0 Å². The predicted molar refractivity (Wildman–Crippen MR) is 52.5 cm³/mol. The zero-order valence-corrected chi connectivity index (χ0v) is 8.20. The van der Waals surface area contributed by atoms with E-state index in [1.807, 2.05) is 0 Å². The third kappa shape index (κ3) is 2.19. The van der Waals surface area contributed by atoms with E-state index in [2.05, 4.69) is 0 Å². The molecule has 1 aromatic rings. The molecule has 3 heteroatoms. The summed E-state index contributed by atoms with van der Waals surface area (Å²) < 4.78 is 0. The average Bonchev–Trinajstić information content (AvgIpc) is 2.01. The van der Waals surface area contributed by atoms with E-state index in [0.29, 0.717) is 11.1 Å². The Hall–Kier alpha value is -1.64. The summed E-state index contributed by atoms with van der Waals surface area (Å²) in [5.41, 5.74) is 1.53. The smallest absolute Gasteiger partial charge is 0.336 e. The molecule has 0 spiro atoms. The van der Waals surface area contributed by atoms with Gasteiger partial charge in [-0.3, -0.25) is 4.79 Å². The molecule has 0 aromatic heterocycles. The van der Waals surface area contributed by atoms with Gasteiger partial charge in [0.2, 0.25) is 0 Å². The molecule has 0 unspecified atom stereocenters. The van der Waals surface area contributed by atoms with Crippen LogP contribution in [0.15, 0.2) is 18.2 Å². The Kier molecular flexibility index (Phi) is 3.02. The van der Waals surface area contributed by atoms with Gasteiger partial charge in [0.15, 0.2) is 0 Å². The molecule has 74 valence electrons. The van der Waals surface area contributed by atoms with E-state index in [1.165, 1.54) is 6.92 Å². The van der Waals surface area contributed by atoms with E-state index in [9.17, 15) is 9.59 Å². The van der Waals surface area contributed by atoms with Crippen molar-refractivity contribution in [1.29, 1.82) is 0 Å². The van der Waals surface area contributed by atoms with Gasteiger partial charge in [-0.15, -0.1) is 0 Å². The van der Waals surface area contributed by atoms with Gasteiger partial charge in [0.25, 0.3) is 0 Å². The number of carbonyl (C=O) groups is 2. The molecule has 0 saturated heterocycles. The van der Waals surface area contributed by atoms with Crippen molar-refractivity contribution in [3.8, 4) is 0 Å². The fourth-order valence-corrected chi connectivity index (χ4v) is 1.45. The minimum absolute atomic E-state index is 0.0295. The summed E-state index contributed by atoms with van der Waals surface area (Å²) in [6.07, 6.45) is 0.184. The second-order valence-corrected chi connectivity index (χ2v) is 3.29. The molecule has 1 rings (SSSR count). The Labute approximate surface area is 82.4 Å². The zero-order chi connectivity index (χ0) is 10.7. The summed E-state index contributed by atoms with van der Waals surface area (Å²) in [7, 11) is 0. The van der Waals surface area contributed by atoms with Crippen LogP contribution in [0.25, 0.3) is 0 Å². The molecule has 0 fully saturated rings. The lowest BCUT2D eigenvalue weighted by Gasteiger charge is -2.06. The quantitative estimate of drug-likeness (QED) is 0.794. The van der Waals surface area contributed by atoms with Crippen LogP contribution in [0.1, 0.15) is 28.4 Å². The maximum Gasteiger partial charge on any atom is 0.336 e. The summed E-state index contributed by atoms with van der Waals surface area (Å²) in [6.45, 7) is 3.18. The number of carboxylic acid groups (broad SMARTS) is 1. The Bertz CT molecular complexity index is 380.